The number of hydrogen-bond acceptors (Lipinski definition) is 7. The molecule has 2 amide bonds. The lowest BCUT2D eigenvalue weighted by atomic mass is 10.2. The highest BCUT2D eigenvalue weighted by molar-refractivity contribution is 7.99. The van der Waals surface area contributed by atoms with Gasteiger partial charge in [0.05, 0.1) is 12.1 Å². The Morgan fingerprint density at radius 2 is 2.12 bits per heavy atom. The molecular formula is C15H18N4O4S. The molecule has 1 aliphatic carbocycles. The van der Waals surface area contributed by atoms with Crippen LogP contribution in [0.1, 0.15) is 42.1 Å². The molecule has 1 fully saturated rings. The van der Waals surface area contributed by atoms with Gasteiger partial charge >= 0.3 is 0 Å². The molecule has 0 bridgehead atoms. The summed E-state index contributed by atoms with van der Waals surface area (Å²) in [6.45, 7) is 0. The first kappa shape index (κ1) is 16.6. The largest absolute Gasteiger partial charge is 0.459 e. The van der Waals surface area contributed by atoms with E-state index in [0.29, 0.717) is 5.22 Å². The normalized spacial score (nSPS) is 14.7. The van der Waals surface area contributed by atoms with Crippen molar-refractivity contribution in [3.05, 3.63) is 30.0 Å². The first-order chi connectivity index (χ1) is 11.7. The number of hydrogen-bond donors (Lipinski definition) is 2. The van der Waals surface area contributed by atoms with Crippen LogP contribution in [0.4, 0.5) is 0 Å². The highest BCUT2D eigenvalue weighted by atomic mass is 32.2. The zero-order valence-corrected chi connectivity index (χ0v) is 13.8. The van der Waals surface area contributed by atoms with Crippen molar-refractivity contribution in [2.45, 2.75) is 43.4 Å². The van der Waals surface area contributed by atoms with Crippen molar-refractivity contribution in [2.75, 3.05) is 5.88 Å². The number of furan rings is 1. The van der Waals surface area contributed by atoms with E-state index in [9.17, 15) is 9.59 Å². The third kappa shape index (κ3) is 4.60. The summed E-state index contributed by atoms with van der Waals surface area (Å²) in [6.07, 6.45) is 5.90. The fourth-order valence-electron chi connectivity index (χ4n) is 2.51. The summed E-state index contributed by atoms with van der Waals surface area (Å²) in [5, 5.41) is 13.6. The van der Waals surface area contributed by atoms with Crippen molar-refractivity contribution < 1.29 is 18.4 Å². The van der Waals surface area contributed by atoms with E-state index in [-0.39, 0.29) is 41.8 Å². The fourth-order valence-corrected chi connectivity index (χ4v) is 3.09. The van der Waals surface area contributed by atoms with Crippen molar-refractivity contribution in [3.63, 3.8) is 0 Å². The lowest BCUT2D eigenvalue weighted by Crippen LogP contribution is -2.33. The summed E-state index contributed by atoms with van der Waals surface area (Å²) in [5.74, 6) is 0.349. The second kappa shape index (κ2) is 8.00. The van der Waals surface area contributed by atoms with E-state index in [1.165, 1.54) is 18.0 Å². The number of thioether (sulfide) groups is 1. The van der Waals surface area contributed by atoms with Crippen molar-refractivity contribution in [2.24, 2.45) is 0 Å². The van der Waals surface area contributed by atoms with E-state index in [1.54, 1.807) is 12.1 Å². The first-order valence-electron chi connectivity index (χ1n) is 7.77. The molecule has 24 heavy (non-hydrogen) atoms. The molecule has 2 aromatic heterocycles. The number of carbonyl (C=O) groups is 2. The zero-order valence-electron chi connectivity index (χ0n) is 13.0. The van der Waals surface area contributed by atoms with Crippen molar-refractivity contribution >= 4 is 23.6 Å². The van der Waals surface area contributed by atoms with Crippen LogP contribution in [0.5, 0.6) is 0 Å². The van der Waals surface area contributed by atoms with E-state index in [2.05, 4.69) is 20.8 Å². The molecule has 3 rings (SSSR count). The van der Waals surface area contributed by atoms with E-state index >= 15 is 0 Å². The smallest absolute Gasteiger partial charge is 0.287 e. The zero-order chi connectivity index (χ0) is 16.8. The van der Waals surface area contributed by atoms with Gasteiger partial charge in [-0.05, 0) is 36.7 Å². The lowest BCUT2D eigenvalue weighted by Gasteiger charge is -2.10. The van der Waals surface area contributed by atoms with E-state index in [1.807, 2.05) is 0 Å². The Morgan fingerprint density at radius 3 is 2.88 bits per heavy atom. The molecule has 1 aliphatic rings. The Labute approximate surface area is 142 Å². The molecule has 9 heteroatoms. The van der Waals surface area contributed by atoms with Crippen LogP contribution >= 0.6 is 11.8 Å². The summed E-state index contributed by atoms with van der Waals surface area (Å²) >= 11 is 1.18. The number of rotatable bonds is 7. The SMILES string of the molecule is O=C(Cc1nnc(SCNC(=O)c2ccco2)o1)NC1CCCC1. The number of nitrogens with zero attached hydrogens (tertiary/aromatic N) is 2. The topological polar surface area (TPSA) is 110 Å². The Kier molecular flexibility index (Phi) is 5.52. The molecule has 128 valence electrons. The molecule has 0 unspecified atom stereocenters. The van der Waals surface area contributed by atoms with Crippen LogP contribution in [0.15, 0.2) is 32.5 Å². The van der Waals surface area contributed by atoms with Crippen molar-refractivity contribution in [3.8, 4) is 0 Å². The molecule has 0 atom stereocenters. The van der Waals surface area contributed by atoms with Crippen LogP contribution < -0.4 is 10.6 Å². The minimum Gasteiger partial charge on any atom is -0.459 e. The van der Waals surface area contributed by atoms with Crippen molar-refractivity contribution in [1.82, 2.24) is 20.8 Å². The van der Waals surface area contributed by atoms with Gasteiger partial charge in [0.25, 0.3) is 11.1 Å². The van der Waals surface area contributed by atoms with Gasteiger partial charge in [-0.1, -0.05) is 12.8 Å². The van der Waals surface area contributed by atoms with Gasteiger partial charge in [0.2, 0.25) is 11.8 Å². The maximum atomic E-state index is 11.9. The Balaban J connectivity index is 1.40. The average Bonchev–Trinajstić information content (AvgIpc) is 3.29. The molecule has 2 N–H and O–H groups in total. The van der Waals surface area contributed by atoms with Gasteiger partial charge < -0.3 is 19.5 Å². The molecule has 0 radical (unpaired) electrons. The Hall–Kier alpha value is -2.29. The minimum atomic E-state index is -0.316. The molecule has 0 aromatic carbocycles. The summed E-state index contributed by atoms with van der Waals surface area (Å²) in [4.78, 5) is 23.6. The van der Waals surface area contributed by atoms with Crippen LogP contribution in [0.25, 0.3) is 0 Å². The van der Waals surface area contributed by atoms with E-state index in [0.717, 1.165) is 25.7 Å². The van der Waals surface area contributed by atoms with Gasteiger partial charge in [-0.2, -0.15) is 0 Å². The van der Waals surface area contributed by atoms with Gasteiger partial charge in [-0.3, -0.25) is 9.59 Å². The number of nitrogens with one attached hydrogen (secondary N) is 2. The highest BCUT2D eigenvalue weighted by Gasteiger charge is 2.19. The van der Waals surface area contributed by atoms with Gasteiger partial charge in [-0.15, -0.1) is 10.2 Å². The third-order valence-corrected chi connectivity index (χ3v) is 4.35. The molecule has 0 spiro atoms. The second-order valence-corrected chi connectivity index (χ2v) is 6.39. The number of carbonyl (C=O) groups excluding carboxylic acids is 2. The lowest BCUT2D eigenvalue weighted by molar-refractivity contribution is -0.121. The van der Waals surface area contributed by atoms with Crippen LogP contribution in [0, 0.1) is 0 Å². The summed E-state index contributed by atoms with van der Waals surface area (Å²) in [7, 11) is 0. The highest BCUT2D eigenvalue weighted by Crippen LogP contribution is 2.18. The van der Waals surface area contributed by atoms with Crippen molar-refractivity contribution in [1.29, 1.82) is 0 Å². The predicted molar refractivity (Wildman–Crippen MR) is 85.3 cm³/mol. The van der Waals surface area contributed by atoms with Gasteiger partial charge in [0.15, 0.2) is 5.76 Å². The third-order valence-electron chi connectivity index (χ3n) is 3.65. The molecular weight excluding hydrogens is 332 g/mol. The van der Waals surface area contributed by atoms with Gasteiger partial charge in [-0.25, -0.2) is 0 Å². The molecule has 8 nitrogen and oxygen atoms in total. The maximum absolute atomic E-state index is 11.9. The predicted octanol–water partition coefficient (Wildman–Crippen LogP) is 1.74. The van der Waals surface area contributed by atoms with Crippen LogP contribution in [0.2, 0.25) is 0 Å². The summed E-state index contributed by atoms with van der Waals surface area (Å²) < 4.78 is 10.4. The molecule has 0 saturated heterocycles. The Morgan fingerprint density at radius 1 is 1.29 bits per heavy atom. The van der Waals surface area contributed by atoms with E-state index < -0.39 is 0 Å². The number of aromatic nitrogens is 2. The van der Waals surface area contributed by atoms with Crippen LogP contribution in [-0.4, -0.2) is 33.9 Å². The molecule has 0 aliphatic heterocycles. The maximum Gasteiger partial charge on any atom is 0.287 e. The van der Waals surface area contributed by atoms with Gasteiger partial charge in [0, 0.05) is 6.04 Å². The van der Waals surface area contributed by atoms with Crippen LogP contribution in [0.3, 0.4) is 0 Å². The summed E-state index contributed by atoms with van der Waals surface area (Å²) in [6, 6.07) is 3.49. The van der Waals surface area contributed by atoms with E-state index in [4.69, 9.17) is 8.83 Å². The number of amides is 2. The second-order valence-electron chi connectivity index (χ2n) is 5.46. The van der Waals surface area contributed by atoms with Gasteiger partial charge in [0.1, 0.15) is 6.42 Å². The monoisotopic (exact) mass is 350 g/mol. The summed E-state index contributed by atoms with van der Waals surface area (Å²) in [5.41, 5.74) is 0. The quantitative estimate of drug-likeness (QED) is 0.578. The molecule has 2 aromatic rings. The molecule has 1 saturated carbocycles. The van der Waals surface area contributed by atoms with Crippen LogP contribution in [-0.2, 0) is 11.2 Å². The fraction of sp³-hybridized carbons (Fsp3) is 0.467. The first-order valence-corrected chi connectivity index (χ1v) is 8.75. The standard InChI is InChI=1S/C15H18N4O4S/c20-12(17-10-4-1-2-5-10)8-13-18-19-15(23-13)24-9-16-14(21)11-6-3-7-22-11/h3,6-7,10H,1-2,4-5,8-9H2,(H,16,21)(H,17,20). The average molecular weight is 350 g/mol. The minimum absolute atomic E-state index is 0.0722. The Bertz CT molecular complexity index is 679. The molecule has 2 heterocycles.